The molecule has 7 heteroatoms. The van der Waals surface area contributed by atoms with Crippen molar-refractivity contribution >= 4 is 33.6 Å². The largest absolute Gasteiger partial charge is 0.506 e. The second-order valence-corrected chi connectivity index (χ2v) is 4.85. The minimum atomic E-state index is -1.27. The summed E-state index contributed by atoms with van der Waals surface area (Å²) in [6.45, 7) is -0.673. The number of fused-ring (bicyclic) bond motifs is 3. The molecule has 1 heterocycles. The van der Waals surface area contributed by atoms with Crippen LogP contribution in [0.1, 0.15) is 10.4 Å². The first kappa shape index (κ1) is 14.6. The number of rotatable bonds is 3. The molecule has 1 aromatic heterocycles. The van der Waals surface area contributed by atoms with Crippen molar-refractivity contribution in [2.45, 2.75) is 0 Å². The van der Waals surface area contributed by atoms with Gasteiger partial charge in [0.25, 0.3) is 5.91 Å². The number of benzene rings is 2. The van der Waals surface area contributed by atoms with Crippen molar-refractivity contribution in [3.05, 3.63) is 52.4 Å². The van der Waals surface area contributed by atoms with Crippen LogP contribution in [0.4, 0.5) is 0 Å². The van der Waals surface area contributed by atoms with E-state index in [1.54, 1.807) is 18.2 Å². The van der Waals surface area contributed by atoms with Crippen LogP contribution in [0.25, 0.3) is 21.7 Å². The molecule has 0 bridgehead atoms. The van der Waals surface area contributed by atoms with E-state index in [0.717, 1.165) is 5.39 Å². The molecule has 0 aliphatic heterocycles. The van der Waals surface area contributed by atoms with E-state index in [-0.39, 0.29) is 11.0 Å². The summed E-state index contributed by atoms with van der Waals surface area (Å²) in [4.78, 5) is 34.4. The fourth-order valence-electron chi connectivity index (χ4n) is 2.36. The summed E-state index contributed by atoms with van der Waals surface area (Å²) in [5, 5.41) is 22.5. The minimum absolute atomic E-state index is 0.167. The normalized spacial score (nSPS) is 10.8. The van der Waals surface area contributed by atoms with Crippen LogP contribution in [-0.2, 0) is 4.79 Å². The predicted octanol–water partition coefficient (Wildman–Crippen LogP) is 1.47. The highest BCUT2D eigenvalue weighted by Gasteiger charge is 2.22. The Bertz CT molecular complexity index is 1000. The maximum atomic E-state index is 12.0. The van der Waals surface area contributed by atoms with Crippen LogP contribution >= 0.6 is 0 Å². The van der Waals surface area contributed by atoms with Gasteiger partial charge in [-0.1, -0.05) is 30.3 Å². The molecule has 0 unspecified atom stereocenters. The third kappa shape index (κ3) is 2.48. The zero-order chi connectivity index (χ0) is 16.6. The summed E-state index contributed by atoms with van der Waals surface area (Å²) in [6, 6.07) is 10.4. The van der Waals surface area contributed by atoms with Crippen LogP contribution < -0.4 is 10.9 Å². The highest BCUT2D eigenvalue weighted by Crippen LogP contribution is 2.31. The van der Waals surface area contributed by atoms with Gasteiger partial charge in [-0.25, -0.2) is 4.79 Å². The van der Waals surface area contributed by atoms with Gasteiger partial charge in [0.1, 0.15) is 17.9 Å². The number of aromatic hydroxyl groups is 1. The summed E-state index contributed by atoms with van der Waals surface area (Å²) in [5.41, 5.74) is -1.48. The number of carbonyl (C=O) groups is 2. The number of carboxylic acids is 1. The third-order valence-corrected chi connectivity index (χ3v) is 3.40. The minimum Gasteiger partial charge on any atom is -0.506 e. The Morgan fingerprint density at radius 3 is 2.57 bits per heavy atom. The smallest absolute Gasteiger partial charge is 0.353 e. The van der Waals surface area contributed by atoms with E-state index in [0.29, 0.717) is 5.39 Å². The highest BCUT2D eigenvalue weighted by molar-refractivity contribution is 6.09. The Kier molecular flexibility index (Phi) is 3.46. The Labute approximate surface area is 128 Å². The van der Waals surface area contributed by atoms with Crippen LogP contribution in [0.5, 0.6) is 5.75 Å². The Balaban J connectivity index is 2.22. The van der Waals surface area contributed by atoms with Crippen LogP contribution in [0.3, 0.4) is 0 Å². The van der Waals surface area contributed by atoms with Gasteiger partial charge in [0.2, 0.25) is 0 Å². The van der Waals surface area contributed by atoms with Gasteiger partial charge in [-0.2, -0.15) is 0 Å². The number of carbonyl (C=O) groups excluding carboxylic acids is 1. The lowest BCUT2D eigenvalue weighted by Crippen LogP contribution is -2.32. The van der Waals surface area contributed by atoms with Gasteiger partial charge in [-0.15, -0.1) is 0 Å². The summed E-state index contributed by atoms with van der Waals surface area (Å²) in [6.07, 6.45) is 0. The Morgan fingerprint density at radius 2 is 1.83 bits per heavy atom. The van der Waals surface area contributed by atoms with Gasteiger partial charge in [0.15, 0.2) is 5.56 Å². The molecule has 3 N–H and O–H groups in total. The van der Waals surface area contributed by atoms with Crippen LogP contribution in [0.2, 0.25) is 0 Å². The van der Waals surface area contributed by atoms with Gasteiger partial charge in [0, 0.05) is 5.39 Å². The van der Waals surface area contributed by atoms with Crippen molar-refractivity contribution in [3.63, 3.8) is 0 Å². The zero-order valence-electron chi connectivity index (χ0n) is 11.7. The summed E-state index contributed by atoms with van der Waals surface area (Å²) in [5.74, 6) is -2.81. The zero-order valence-corrected chi connectivity index (χ0v) is 11.7. The number of nitrogens with one attached hydrogen (secondary N) is 1. The van der Waals surface area contributed by atoms with E-state index in [4.69, 9.17) is 9.52 Å². The van der Waals surface area contributed by atoms with E-state index >= 15 is 0 Å². The van der Waals surface area contributed by atoms with E-state index < -0.39 is 35.4 Å². The SMILES string of the molecule is O=C(O)CNC(=O)c1c(O)c2ccc3ccccc3c2oc1=O. The molecule has 116 valence electrons. The van der Waals surface area contributed by atoms with Gasteiger partial charge >= 0.3 is 11.6 Å². The van der Waals surface area contributed by atoms with E-state index in [9.17, 15) is 19.5 Å². The van der Waals surface area contributed by atoms with Crippen molar-refractivity contribution in [3.8, 4) is 5.75 Å². The number of hydrogen-bond acceptors (Lipinski definition) is 5. The Hall–Kier alpha value is -3.35. The van der Waals surface area contributed by atoms with Crippen molar-refractivity contribution in [2.75, 3.05) is 6.54 Å². The molecule has 3 aromatic rings. The van der Waals surface area contributed by atoms with Crippen LogP contribution in [0.15, 0.2) is 45.6 Å². The first-order chi connectivity index (χ1) is 11.0. The quantitative estimate of drug-likeness (QED) is 0.498. The molecule has 3 rings (SSSR count). The standard InChI is InChI=1S/C16H11NO6/c18-11(19)7-17-15(21)12-13(20)10-6-5-8-3-1-2-4-9(8)14(10)23-16(12)22/h1-6,20H,7H2,(H,17,21)(H,18,19). The average molecular weight is 313 g/mol. The lowest BCUT2D eigenvalue weighted by molar-refractivity contribution is -0.135. The van der Waals surface area contributed by atoms with Gasteiger partial charge in [-0.05, 0) is 11.5 Å². The number of carboxylic acid groups (broad SMARTS) is 1. The van der Waals surface area contributed by atoms with Crippen LogP contribution in [-0.4, -0.2) is 28.6 Å². The molecule has 2 aromatic carbocycles. The molecule has 0 aliphatic rings. The predicted molar refractivity (Wildman–Crippen MR) is 81.6 cm³/mol. The molecule has 0 radical (unpaired) electrons. The lowest BCUT2D eigenvalue weighted by Gasteiger charge is -2.08. The first-order valence-corrected chi connectivity index (χ1v) is 6.66. The van der Waals surface area contributed by atoms with Crippen molar-refractivity contribution in [1.29, 1.82) is 0 Å². The molecular weight excluding hydrogens is 302 g/mol. The van der Waals surface area contributed by atoms with E-state index in [2.05, 4.69) is 0 Å². The molecule has 0 atom stereocenters. The molecule has 23 heavy (non-hydrogen) atoms. The average Bonchev–Trinajstić information content (AvgIpc) is 2.52. The maximum absolute atomic E-state index is 12.0. The molecule has 0 aliphatic carbocycles. The maximum Gasteiger partial charge on any atom is 0.353 e. The molecule has 0 saturated carbocycles. The topological polar surface area (TPSA) is 117 Å². The lowest BCUT2D eigenvalue weighted by atomic mass is 10.0. The summed E-state index contributed by atoms with van der Waals surface area (Å²) >= 11 is 0. The summed E-state index contributed by atoms with van der Waals surface area (Å²) in [7, 11) is 0. The van der Waals surface area contributed by atoms with Crippen molar-refractivity contribution in [2.24, 2.45) is 0 Å². The third-order valence-electron chi connectivity index (χ3n) is 3.40. The van der Waals surface area contributed by atoms with Gasteiger partial charge < -0.3 is 19.9 Å². The Morgan fingerprint density at radius 1 is 1.09 bits per heavy atom. The van der Waals surface area contributed by atoms with E-state index in [1.165, 1.54) is 6.07 Å². The second kappa shape index (κ2) is 5.45. The van der Waals surface area contributed by atoms with Gasteiger partial charge in [-0.3, -0.25) is 9.59 Å². The number of hydrogen-bond donors (Lipinski definition) is 3. The molecular formula is C16H11NO6. The van der Waals surface area contributed by atoms with Crippen LogP contribution in [0, 0.1) is 0 Å². The fraction of sp³-hybridized carbons (Fsp3) is 0.0625. The van der Waals surface area contributed by atoms with E-state index in [1.807, 2.05) is 17.4 Å². The molecule has 0 fully saturated rings. The first-order valence-electron chi connectivity index (χ1n) is 6.66. The fourth-order valence-corrected chi connectivity index (χ4v) is 2.36. The highest BCUT2D eigenvalue weighted by atomic mass is 16.4. The van der Waals surface area contributed by atoms with Crippen molar-refractivity contribution in [1.82, 2.24) is 5.32 Å². The molecule has 0 saturated heterocycles. The second-order valence-electron chi connectivity index (χ2n) is 4.85. The molecule has 1 amide bonds. The van der Waals surface area contributed by atoms with Crippen molar-refractivity contribution < 1.29 is 24.2 Å². The summed E-state index contributed by atoms with van der Waals surface area (Å²) < 4.78 is 5.19. The molecule has 7 nitrogen and oxygen atoms in total. The number of aliphatic carboxylic acids is 1. The molecule has 0 spiro atoms. The van der Waals surface area contributed by atoms with Gasteiger partial charge in [0.05, 0.1) is 5.39 Å². The number of amides is 1. The monoisotopic (exact) mass is 313 g/mol.